The Balaban J connectivity index is 2.26. The van der Waals surface area contributed by atoms with Crippen molar-refractivity contribution in [2.75, 3.05) is 13.1 Å². The predicted octanol–water partition coefficient (Wildman–Crippen LogP) is 1.31. The van der Waals surface area contributed by atoms with E-state index in [4.69, 9.17) is 0 Å². The zero-order valence-electron chi connectivity index (χ0n) is 9.85. The van der Waals surface area contributed by atoms with Crippen LogP contribution in [0.4, 0.5) is 0 Å². The molecule has 1 aromatic rings. The van der Waals surface area contributed by atoms with Crippen molar-refractivity contribution in [1.29, 1.82) is 0 Å². The van der Waals surface area contributed by atoms with Crippen LogP contribution in [0.15, 0.2) is 12.4 Å². The summed E-state index contributed by atoms with van der Waals surface area (Å²) in [4.78, 5) is 33.3. The Hall–Kier alpha value is -1.78. The minimum atomic E-state index is -0.224. The number of rotatable bonds is 2. The van der Waals surface area contributed by atoms with Crippen LogP contribution in [0.25, 0.3) is 0 Å². The molecule has 0 bridgehead atoms. The highest BCUT2D eigenvalue weighted by Crippen LogP contribution is 2.13. The summed E-state index contributed by atoms with van der Waals surface area (Å²) in [5, 5.41) is 0. The van der Waals surface area contributed by atoms with E-state index in [1.807, 2.05) is 0 Å². The fourth-order valence-electron chi connectivity index (χ4n) is 2.00. The number of hydrogen-bond acceptors (Lipinski definition) is 4. The summed E-state index contributed by atoms with van der Waals surface area (Å²) in [5.74, 6) is -0.401. The van der Waals surface area contributed by atoms with Gasteiger partial charge in [-0.05, 0) is 19.3 Å². The smallest absolute Gasteiger partial charge is 0.274 e. The third kappa shape index (κ3) is 2.49. The number of carbonyl (C=O) groups is 2. The first-order valence-electron chi connectivity index (χ1n) is 5.81. The molecule has 1 amide bonds. The minimum Gasteiger partial charge on any atom is -0.337 e. The molecular weight excluding hydrogens is 218 g/mol. The third-order valence-corrected chi connectivity index (χ3v) is 2.88. The Morgan fingerprint density at radius 1 is 1.06 bits per heavy atom. The first-order valence-corrected chi connectivity index (χ1v) is 5.81. The predicted molar refractivity (Wildman–Crippen MR) is 61.8 cm³/mol. The molecule has 1 saturated heterocycles. The second-order valence-electron chi connectivity index (χ2n) is 4.16. The summed E-state index contributed by atoms with van der Waals surface area (Å²) >= 11 is 0. The van der Waals surface area contributed by atoms with E-state index in [0.29, 0.717) is 0 Å². The largest absolute Gasteiger partial charge is 0.337 e. The van der Waals surface area contributed by atoms with Crippen LogP contribution in [0, 0.1) is 0 Å². The molecule has 90 valence electrons. The van der Waals surface area contributed by atoms with Crippen LogP contribution >= 0.6 is 0 Å². The van der Waals surface area contributed by atoms with E-state index in [1.165, 1.54) is 19.3 Å². The van der Waals surface area contributed by atoms with Crippen LogP contribution < -0.4 is 0 Å². The van der Waals surface area contributed by atoms with Crippen molar-refractivity contribution < 1.29 is 9.59 Å². The molecule has 0 aliphatic carbocycles. The van der Waals surface area contributed by atoms with E-state index >= 15 is 0 Å². The lowest BCUT2D eigenvalue weighted by Gasteiger charge is -2.26. The van der Waals surface area contributed by atoms with Gasteiger partial charge in [0.25, 0.3) is 5.91 Å². The zero-order valence-corrected chi connectivity index (χ0v) is 9.85. The van der Waals surface area contributed by atoms with Gasteiger partial charge >= 0.3 is 0 Å². The molecule has 0 atom stereocenters. The van der Waals surface area contributed by atoms with Crippen LogP contribution in [-0.4, -0.2) is 39.6 Å². The van der Waals surface area contributed by atoms with Gasteiger partial charge in [-0.25, -0.2) is 9.97 Å². The normalized spacial score (nSPS) is 15.7. The van der Waals surface area contributed by atoms with E-state index in [9.17, 15) is 9.59 Å². The molecule has 1 aliphatic heterocycles. The minimum absolute atomic E-state index is 0.170. The molecule has 0 saturated carbocycles. The van der Waals surface area contributed by atoms with Gasteiger partial charge in [-0.3, -0.25) is 9.59 Å². The lowest BCUT2D eigenvalue weighted by molar-refractivity contribution is 0.0713. The van der Waals surface area contributed by atoms with Gasteiger partial charge < -0.3 is 4.90 Å². The summed E-state index contributed by atoms with van der Waals surface area (Å²) < 4.78 is 0. The summed E-state index contributed by atoms with van der Waals surface area (Å²) in [5.41, 5.74) is 0.352. The third-order valence-electron chi connectivity index (χ3n) is 2.88. The standard InChI is InChI=1S/C12H15N3O2/c1-9(16)10-11(14-6-5-13-10)12(17)15-7-3-2-4-8-15/h5-6H,2-4,7-8H2,1H3. The average Bonchev–Trinajstić information content (AvgIpc) is 2.39. The summed E-state index contributed by atoms with van der Waals surface area (Å²) in [7, 11) is 0. The van der Waals surface area contributed by atoms with Crippen molar-refractivity contribution in [1.82, 2.24) is 14.9 Å². The van der Waals surface area contributed by atoms with Gasteiger partial charge in [0.15, 0.2) is 11.5 Å². The van der Waals surface area contributed by atoms with Crippen molar-refractivity contribution >= 4 is 11.7 Å². The molecule has 0 spiro atoms. The maximum absolute atomic E-state index is 12.2. The number of likely N-dealkylation sites (tertiary alicyclic amines) is 1. The molecule has 5 nitrogen and oxygen atoms in total. The van der Waals surface area contributed by atoms with Gasteiger partial charge in [0.2, 0.25) is 0 Å². The maximum atomic E-state index is 12.2. The first kappa shape index (κ1) is 11.7. The quantitative estimate of drug-likeness (QED) is 0.722. The van der Waals surface area contributed by atoms with Gasteiger partial charge in [0.05, 0.1) is 0 Å². The Morgan fingerprint density at radius 3 is 2.24 bits per heavy atom. The van der Waals surface area contributed by atoms with Crippen LogP contribution in [0.2, 0.25) is 0 Å². The van der Waals surface area contributed by atoms with E-state index < -0.39 is 0 Å². The highest BCUT2D eigenvalue weighted by molar-refractivity contribution is 6.04. The van der Waals surface area contributed by atoms with E-state index in [2.05, 4.69) is 9.97 Å². The SMILES string of the molecule is CC(=O)c1nccnc1C(=O)N1CCCCC1. The Morgan fingerprint density at radius 2 is 1.65 bits per heavy atom. The topological polar surface area (TPSA) is 63.2 Å². The van der Waals surface area contributed by atoms with Crippen molar-refractivity contribution in [2.24, 2.45) is 0 Å². The Labute approximate surface area is 99.9 Å². The van der Waals surface area contributed by atoms with Gasteiger partial charge in [0.1, 0.15) is 5.69 Å². The van der Waals surface area contributed by atoms with Crippen LogP contribution in [0.5, 0.6) is 0 Å². The molecule has 0 unspecified atom stereocenters. The molecule has 1 aromatic heterocycles. The van der Waals surface area contributed by atoms with Crippen LogP contribution in [-0.2, 0) is 0 Å². The highest BCUT2D eigenvalue weighted by atomic mass is 16.2. The maximum Gasteiger partial charge on any atom is 0.274 e. The first-order chi connectivity index (χ1) is 8.20. The van der Waals surface area contributed by atoms with E-state index in [1.54, 1.807) is 4.90 Å². The van der Waals surface area contributed by atoms with Crippen LogP contribution in [0.1, 0.15) is 47.2 Å². The van der Waals surface area contributed by atoms with E-state index in [-0.39, 0.29) is 23.1 Å². The molecule has 17 heavy (non-hydrogen) atoms. The van der Waals surface area contributed by atoms with Gasteiger partial charge in [0, 0.05) is 32.4 Å². The number of nitrogens with zero attached hydrogens (tertiary/aromatic N) is 3. The van der Waals surface area contributed by atoms with Gasteiger partial charge in [-0.2, -0.15) is 0 Å². The number of Topliss-reactive ketones (excluding diaryl/α,β-unsaturated/α-hetero) is 1. The lowest BCUT2D eigenvalue weighted by atomic mass is 10.1. The number of piperidine rings is 1. The van der Waals surface area contributed by atoms with Crippen LogP contribution in [0.3, 0.4) is 0 Å². The molecule has 1 aliphatic rings. The number of amides is 1. The Kier molecular flexibility index (Phi) is 3.46. The van der Waals surface area contributed by atoms with Crippen molar-refractivity contribution in [3.8, 4) is 0 Å². The molecule has 1 fully saturated rings. The number of aromatic nitrogens is 2. The molecule has 0 radical (unpaired) electrons. The Bertz CT molecular complexity index is 439. The summed E-state index contributed by atoms with van der Waals surface area (Å²) in [6, 6.07) is 0. The second-order valence-corrected chi connectivity index (χ2v) is 4.16. The lowest BCUT2D eigenvalue weighted by Crippen LogP contribution is -2.37. The van der Waals surface area contributed by atoms with Gasteiger partial charge in [-0.15, -0.1) is 0 Å². The summed E-state index contributed by atoms with van der Waals surface area (Å²) in [6.45, 7) is 2.89. The molecule has 5 heteroatoms. The highest BCUT2D eigenvalue weighted by Gasteiger charge is 2.23. The van der Waals surface area contributed by atoms with Crippen molar-refractivity contribution in [3.05, 3.63) is 23.8 Å². The van der Waals surface area contributed by atoms with Crippen molar-refractivity contribution in [2.45, 2.75) is 26.2 Å². The molecule has 2 rings (SSSR count). The van der Waals surface area contributed by atoms with Crippen molar-refractivity contribution in [3.63, 3.8) is 0 Å². The number of hydrogen-bond donors (Lipinski definition) is 0. The molecule has 0 N–H and O–H groups in total. The zero-order chi connectivity index (χ0) is 12.3. The van der Waals surface area contributed by atoms with Gasteiger partial charge in [-0.1, -0.05) is 0 Å². The van der Waals surface area contributed by atoms with E-state index in [0.717, 1.165) is 32.4 Å². The fourth-order valence-corrected chi connectivity index (χ4v) is 2.00. The average molecular weight is 233 g/mol. The molecule has 2 heterocycles. The summed E-state index contributed by atoms with van der Waals surface area (Å²) in [6.07, 6.45) is 6.07. The molecule has 0 aromatic carbocycles. The number of carbonyl (C=O) groups excluding carboxylic acids is 2. The monoisotopic (exact) mass is 233 g/mol. The fraction of sp³-hybridized carbons (Fsp3) is 0.500. The molecular formula is C12H15N3O2. The number of ketones is 1. The second kappa shape index (κ2) is 5.03.